The van der Waals surface area contributed by atoms with Crippen molar-refractivity contribution in [2.45, 2.75) is 33.6 Å². The molecule has 0 aliphatic heterocycles. The molecule has 0 unspecified atom stereocenters. The van der Waals surface area contributed by atoms with E-state index in [4.69, 9.17) is 9.84 Å². The largest absolute Gasteiger partial charge is 0.496 e. The predicted octanol–water partition coefficient (Wildman–Crippen LogP) is 1.66. The third-order valence-electron chi connectivity index (χ3n) is 3.36. The van der Waals surface area contributed by atoms with E-state index in [1.807, 2.05) is 6.92 Å². The SMILES string of the molecule is COc1c(C)c(C)cc(C)c1CCNC(=O)CCO. The third-order valence-corrected chi connectivity index (χ3v) is 3.36. The van der Waals surface area contributed by atoms with Crippen molar-refractivity contribution in [3.63, 3.8) is 0 Å². The molecule has 0 saturated carbocycles. The maximum absolute atomic E-state index is 11.3. The molecule has 4 heteroatoms. The van der Waals surface area contributed by atoms with E-state index < -0.39 is 0 Å². The zero-order chi connectivity index (χ0) is 14.4. The second-order valence-electron chi connectivity index (χ2n) is 4.72. The van der Waals surface area contributed by atoms with Crippen molar-refractivity contribution in [3.8, 4) is 5.75 Å². The van der Waals surface area contributed by atoms with Gasteiger partial charge in [0, 0.05) is 13.0 Å². The van der Waals surface area contributed by atoms with Crippen LogP contribution < -0.4 is 10.1 Å². The van der Waals surface area contributed by atoms with Crippen LogP contribution in [0.3, 0.4) is 0 Å². The summed E-state index contributed by atoms with van der Waals surface area (Å²) in [7, 11) is 1.68. The minimum atomic E-state index is -0.122. The second kappa shape index (κ2) is 7.14. The molecule has 1 amide bonds. The Hall–Kier alpha value is -1.55. The Balaban J connectivity index is 2.78. The number of aliphatic hydroxyl groups excluding tert-OH is 1. The van der Waals surface area contributed by atoms with E-state index in [2.05, 4.69) is 25.2 Å². The van der Waals surface area contributed by atoms with Crippen molar-refractivity contribution in [1.82, 2.24) is 5.32 Å². The minimum absolute atomic E-state index is 0.113. The first-order chi connectivity index (χ1) is 9.01. The maximum Gasteiger partial charge on any atom is 0.222 e. The van der Waals surface area contributed by atoms with Crippen LogP contribution in [0.1, 0.15) is 28.7 Å². The minimum Gasteiger partial charge on any atom is -0.496 e. The second-order valence-corrected chi connectivity index (χ2v) is 4.72. The smallest absolute Gasteiger partial charge is 0.222 e. The third kappa shape index (κ3) is 3.96. The summed E-state index contributed by atoms with van der Waals surface area (Å²) in [5, 5.41) is 11.5. The molecule has 4 nitrogen and oxygen atoms in total. The molecule has 0 aliphatic rings. The number of hydrogen-bond acceptors (Lipinski definition) is 3. The van der Waals surface area contributed by atoms with Crippen LogP contribution >= 0.6 is 0 Å². The van der Waals surface area contributed by atoms with E-state index in [9.17, 15) is 4.79 Å². The molecule has 0 spiro atoms. The van der Waals surface area contributed by atoms with E-state index in [1.54, 1.807) is 7.11 Å². The van der Waals surface area contributed by atoms with Gasteiger partial charge in [-0.1, -0.05) is 6.07 Å². The van der Waals surface area contributed by atoms with Gasteiger partial charge in [-0.05, 0) is 49.4 Å². The number of nitrogens with one attached hydrogen (secondary N) is 1. The number of carbonyl (C=O) groups is 1. The molecule has 1 aromatic rings. The highest BCUT2D eigenvalue weighted by Gasteiger charge is 2.12. The number of aliphatic hydroxyl groups is 1. The van der Waals surface area contributed by atoms with Gasteiger partial charge in [0.1, 0.15) is 5.75 Å². The Morgan fingerprint density at radius 3 is 2.58 bits per heavy atom. The highest BCUT2D eigenvalue weighted by molar-refractivity contribution is 5.75. The predicted molar refractivity (Wildman–Crippen MR) is 75.6 cm³/mol. The Morgan fingerprint density at radius 1 is 1.32 bits per heavy atom. The molecule has 0 radical (unpaired) electrons. The first-order valence-corrected chi connectivity index (χ1v) is 6.52. The van der Waals surface area contributed by atoms with Crippen molar-refractivity contribution in [2.24, 2.45) is 0 Å². The molecule has 0 fully saturated rings. The van der Waals surface area contributed by atoms with Crippen LogP contribution in [0, 0.1) is 20.8 Å². The Bertz CT molecular complexity index is 455. The number of ether oxygens (including phenoxy) is 1. The van der Waals surface area contributed by atoms with Crippen molar-refractivity contribution in [3.05, 3.63) is 28.3 Å². The molecule has 0 atom stereocenters. The summed E-state index contributed by atoms with van der Waals surface area (Å²) in [5.74, 6) is 0.789. The molecule has 0 bridgehead atoms. The molecule has 0 aromatic heterocycles. The fraction of sp³-hybridized carbons (Fsp3) is 0.533. The van der Waals surface area contributed by atoms with Gasteiger partial charge >= 0.3 is 0 Å². The molecule has 0 saturated heterocycles. The zero-order valence-corrected chi connectivity index (χ0v) is 12.2. The van der Waals surface area contributed by atoms with Crippen LogP contribution in [-0.4, -0.2) is 31.3 Å². The molecule has 19 heavy (non-hydrogen) atoms. The lowest BCUT2D eigenvalue weighted by atomic mass is 9.97. The lowest BCUT2D eigenvalue weighted by molar-refractivity contribution is -0.121. The number of benzene rings is 1. The fourth-order valence-corrected chi connectivity index (χ4v) is 2.21. The van der Waals surface area contributed by atoms with E-state index >= 15 is 0 Å². The van der Waals surface area contributed by atoms with Gasteiger partial charge in [-0.15, -0.1) is 0 Å². The summed E-state index contributed by atoms with van der Waals surface area (Å²) in [4.78, 5) is 11.3. The molecule has 1 rings (SSSR count). The van der Waals surface area contributed by atoms with Gasteiger partial charge in [0.2, 0.25) is 5.91 Å². The first kappa shape index (κ1) is 15.5. The molecular formula is C15H23NO3. The number of amides is 1. The lowest BCUT2D eigenvalue weighted by Crippen LogP contribution is -2.26. The van der Waals surface area contributed by atoms with Gasteiger partial charge in [-0.3, -0.25) is 4.79 Å². The standard InChI is InChI=1S/C15H23NO3/c1-10-9-11(2)13(15(19-4)12(10)3)5-7-16-14(18)6-8-17/h9,17H,5-8H2,1-4H3,(H,16,18). The van der Waals surface area contributed by atoms with E-state index in [1.165, 1.54) is 11.1 Å². The average Bonchev–Trinajstić information content (AvgIpc) is 2.36. The van der Waals surface area contributed by atoms with Crippen LogP contribution in [0.2, 0.25) is 0 Å². The summed E-state index contributed by atoms with van der Waals surface area (Å²) in [5.41, 5.74) is 4.67. The van der Waals surface area contributed by atoms with Crippen LogP contribution in [0.25, 0.3) is 0 Å². The summed E-state index contributed by atoms with van der Waals surface area (Å²) in [6.45, 7) is 6.61. The highest BCUT2D eigenvalue weighted by Crippen LogP contribution is 2.29. The average molecular weight is 265 g/mol. The zero-order valence-electron chi connectivity index (χ0n) is 12.2. The molecule has 106 valence electrons. The van der Waals surface area contributed by atoms with Gasteiger partial charge in [0.05, 0.1) is 13.7 Å². The van der Waals surface area contributed by atoms with Crippen LogP contribution in [0.4, 0.5) is 0 Å². The summed E-state index contributed by atoms with van der Waals surface area (Å²) in [6.07, 6.45) is 0.885. The number of methoxy groups -OCH3 is 1. The van der Waals surface area contributed by atoms with E-state index in [-0.39, 0.29) is 18.9 Å². The number of carbonyl (C=O) groups excluding carboxylic acids is 1. The quantitative estimate of drug-likeness (QED) is 0.822. The molecule has 0 aliphatic carbocycles. The van der Waals surface area contributed by atoms with Crippen LogP contribution in [-0.2, 0) is 11.2 Å². The fourth-order valence-electron chi connectivity index (χ4n) is 2.21. The molecular weight excluding hydrogens is 242 g/mol. The highest BCUT2D eigenvalue weighted by atomic mass is 16.5. The maximum atomic E-state index is 11.3. The molecule has 0 heterocycles. The molecule has 2 N–H and O–H groups in total. The first-order valence-electron chi connectivity index (χ1n) is 6.52. The normalized spacial score (nSPS) is 10.4. The van der Waals surface area contributed by atoms with E-state index in [0.717, 1.165) is 23.3 Å². The van der Waals surface area contributed by atoms with Gasteiger partial charge in [0.25, 0.3) is 0 Å². The van der Waals surface area contributed by atoms with Gasteiger partial charge < -0.3 is 15.2 Å². The number of aryl methyl sites for hydroxylation is 2. The van der Waals surface area contributed by atoms with Crippen molar-refractivity contribution < 1.29 is 14.6 Å². The van der Waals surface area contributed by atoms with Gasteiger partial charge in [0.15, 0.2) is 0 Å². The molecule has 1 aromatic carbocycles. The van der Waals surface area contributed by atoms with Crippen molar-refractivity contribution in [1.29, 1.82) is 0 Å². The summed E-state index contributed by atoms with van der Waals surface area (Å²) >= 11 is 0. The number of rotatable bonds is 6. The Kier molecular flexibility index (Phi) is 5.83. The summed E-state index contributed by atoms with van der Waals surface area (Å²) in [6, 6.07) is 2.14. The van der Waals surface area contributed by atoms with Crippen molar-refractivity contribution >= 4 is 5.91 Å². The van der Waals surface area contributed by atoms with Crippen molar-refractivity contribution in [2.75, 3.05) is 20.3 Å². The van der Waals surface area contributed by atoms with Crippen LogP contribution in [0.5, 0.6) is 5.75 Å². The monoisotopic (exact) mass is 265 g/mol. The number of hydrogen-bond donors (Lipinski definition) is 2. The van der Waals surface area contributed by atoms with Crippen LogP contribution in [0.15, 0.2) is 6.07 Å². The topological polar surface area (TPSA) is 58.6 Å². The Labute approximate surface area is 114 Å². The lowest BCUT2D eigenvalue weighted by Gasteiger charge is -2.16. The van der Waals surface area contributed by atoms with Gasteiger partial charge in [-0.2, -0.15) is 0 Å². The Morgan fingerprint density at radius 2 is 2.00 bits per heavy atom. The van der Waals surface area contributed by atoms with E-state index in [0.29, 0.717) is 6.54 Å². The van der Waals surface area contributed by atoms with Gasteiger partial charge in [-0.25, -0.2) is 0 Å². The summed E-state index contributed by atoms with van der Waals surface area (Å²) < 4.78 is 5.49.